The lowest BCUT2D eigenvalue weighted by atomic mass is 9.76. The van der Waals surface area contributed by atoms with Crippen molar-refractivity contribution in [3.63, 3.8) is 0 Å². The first-order valence-electron chi connectivity index (χ1n) is 22.3. The number of carbonyl (C=O) groups is 8. The van der Waals surface area contributed by atoms with Crippen molar-refractivity contribution in [3.8, 4) is 0 Å². The second kappa shape index (κ2) is 21.1. The highest BCUT2D eigenvalue weighted by atomic mass is 16.6. The third-order valence-corrected chi connectivity index (χ3v) is 11.2. The average Bonchev–Trinajstić information content (AvgIpc) is 3.69. The Morgan fingerprint density at radius 1 is 0.788 bits per heavy atom. The van der Waals surface area contributed by atoms with Gasteiger partial charge in [0.05, 0.1) is 12.5 Å². The topological polar surface area (TPSA) is 206 Å². The minimum absolute atomic E-state index is 0.127. The largest absolute Gasteiger partial charge is 0.460 e. The van der Waals surface area contributed by atoms with E-state index in [4.69, 9.17) is 9.47 Å². The summed E-state index contributed by atoms with van der Waals surface area (Å²) in [5.74, 6) is -4.56. The summed E-state index contributed by atoms with van der Waals surface area (Å²) in [5, 5.41) is 9.13. The average molecular weight is 920 g/mol. The molecule has 1 aromatic carbocycles. The van der Waals surface area contributed by atoms with Crippen molar-refractivity contribution in [2.24, 2.45) is 18.4 Å². The Balaban J connectivity index is 1.96. The van der Waals surface area contributed by atoms with Crippen molar-refractivity contribution in [2.75, 3.05) is 27.2 Å². The molecule has 0 radical (unpaired) electrons. The zero-order valence-corrected chi connectivity index (χ0v) is 42.0. The Bertz CT molecular complexity index is 2220. The number of rotatable bonds is 17. The van der Waals surface area contributed by atoms with E-state index in [1.165, 1.54) is 23.8 Å². The molecule has 1 unspecified atom stereocenters. The van der Waals surface area contributed by atoms with Gasteiger partial charge in [0.25, 0.3) is 11.8 Å². The van der Waals surface area contributed by atoms with Gasteiger partial charge in [-0.2, -0.15) is 0 Å². The van der Waals surface area contributed by atoms with Crippen molar-refractivity contribution in [2.45, 2.75) is 144 Å². The molecule has 66 heavy (non-hydrogen) atoms. The van der Waals surface area contributed by atoms with Gasteiger partial charge >= 0.3 is 12.1 Å². The molecular formula is C49H73N7O10. The van der Waals surface area contributed by atoms with Crippen LogP contribution >= 0.6 is 0 Å². The fourth-order valence-corrected chi connectivity index (χ4v) is 7.83. The number of fused-ring (bicyclic) bond motifs is 1. The second-order valence-electron chi connectivity index (χ2n) is 21.0. The first kappa shape index (κ1) is 54.3. The monoisotopic (exact) mass is 920 g/mol. The van der Waals surface area contributed by atoms with Crippen molar-refractivity contribution < 1.29 is 47.8 Å². The molecule has 2 heterocycles. The van der Waals surface area contributed by atoms with Gasteiger partial charge in [-0.1, -0.05) is 72.7 Å². The molecule has 0 saturated carbocycles. The van der Waals surface area contributed by atoms with E-state index in [-0.39, 0.29) is 24.6 Å². The third-order valence-electron chi connectivity index (χ3n) is 11.2. The second-order valence-corrected chi connectivity index (χ2v) is 21.0. The van der Waals surface area contributed by atoms with Gasteiger partial charge in [0.2, 0.25) is 23.6 Å². The van der Waals surface area contributed by atoms with Crippen molar-refractivity contribution in [1.29, 1.82) is 0 Å². The van der Waals surface area contributed by atoms with E-state index >= 15 is 0 Å². The number of likely N-dealkylation sites (N-methyl/N-ethyl adjacent to an activating group) is 2. The summed E-state index contributed by atoms with van der Waals surface area (Å²) in [7, 11) is 5.00. The van der Waals surface area contributed by atoms with Crippen molar-refractivity contribution in [1.82, 2.24) is 35.2 Å². The fraction of sp³-hybridized carbons (Fsp3) is 0.592. The summed E-state index contributed by atoms with van der Waals surface area (Å²) >= 11 is 0. The van der Waals surface area contributed by atoms with Crippen LogP contribution in [-0.4, -0.2) is 129 Å². The van der Waals surface area contributed by atoms with Crippen LogP contribution in [0.4, 0.5) is 4.79 Å². The molecule has 17 nitrogen and oxygen atoms in total. The lowest BCUT2D eigenvalue weighted by Gasteiger charge is -2.42. The molecule has 4 atom stereocenters. The normalized spacial score (nSPS) is 15.5. The molecule has 3 rings (SSSR count). The minimum Gasteiger partial charge on any atom is -0.460 e. The van der Waals surface area contributed by atoms with E-state index in [9.17, 15) is 38.4 Å². The molecule has 0 spiro atoms. The number of para-hydroxylation sites is 1. The molecule has 0 fully saturated rings. The molecular weight excluding hydrogens is 847 g/mol. The Morgan fingerprint density at radius 2 is 1.35 bits per heavy atom. The Hall–Kier alpha value is -6.00. The van der Waals surface area contributed by atoms with Crippen LogP contribution in [0.1, 0.15) is 109 Å². The van der Waals surface area contributed by atoms with Gasteiger partial charge in [-0.05, 0) is 71.4 Å². The van der Waals surface area contributed by atoms with Crippen molar-refractivity contribution in [3.05, 3.63) is 59.8 Å². The highest BCUT2D eigenvalue weighted by Gasteiger charge is 2.47. The molecule has 1 aliphatic heterocycles. The third kappa shape index (κ3) is 14.0. The number of nitrogens with one attached hydrogen (secondary N) is 3. The number of carbonyl (C=O) groups excluding carboxylic acids is 8. The summed E-state index contributed by atoms with van der Waals surface area (Å²) in [6.07, 6.45) is 4.53. The van der Waals surface area contributed by atoms with Crippen LogP contribution in [0.25, 0.3) is 10.9 Å². The molecule has 0 saturated heterocycles. The Kier molecular flexibility index (Phi) is 17.4. The van der Waals surface area contributed by atoms with Crippen LogP contribution in [-0.2, 0) is 55.5 Å². The van der Waals surface area contributed by atoms with Gasteiger partial charge in [-0.15, -0.1) is 0 Å². The Labute approximate surface area is 390 Å². The summed E-state index contributed by atoms with van der Waals surface area (Å²) in [4.78, 5) is 111. The number of amides is 7. The zero-order chi connectivity index (χ0) is 50.4. The van der Waals surface area contributed by atoms with Gasteiger partial charge in [0.15, 0.2) is 0 Å². The number of ether oxygens (including phenoxy) is 2. The predicted molar refractivity (Wildman–Crippen MR) is 252 cm³/mol. The highest BCUT2D eigenvalue weighted by Crippen LogP contribution is 2.37. The molecule has 2 aromatic rings. The van der Waals surface area contributed by atoms with Crippen LogP contribution in [0.15, 0.2) is 54.3 Å². The zero-order valence-electron chi connectivity index (χ0n) is 42.0. The van der Waals surface area contributed by atoms with E-state index in [1.54, 1.807) is 54.7 Å². The molecule has 0 bridgehead atoms. The summed E-state index contributed by atoms with van der Waals surface area (Å²) in [6, 6.07) is 3.37. The number of esters is 1. The van der Waals surface area contributed by atoms with E-state index in [1.807, 2.05) is 90.5 Å². The summed E-state index contributed by atoms with van der Waals surface area (Å²) < 4.78 is 13.2. The van der Waals surface area contributed by atoms with E-state index in [0.717, 1.165) is 33.5 Å². The molecule has 17 heteroatoms. The number of aryl methyl sites for hydroxylation is 1. The van der Waals surface area contributed by atoms with Gasteiger partial charge in [-0.25, -0.2) is 4.79 Å². The van der Waals surface area contributed by atoms with Crippen molar-refractivity contribution >= 4 is 58.4 Å². The maximum absolute atomic E-state index is 14.9. The molecule has 1 aliphatic rings. The van der Waals surface area contributed by atoms with Gasteiger partial charge in [0.1, 0.15) is 29.3 Å². The predicted octanol–water partition coefficient (Wildman–Crippen LogP) is 4.91. The molecule has 364 valence electrons. The standard InChI is InChI=1S/C49H73N7O10/c1-29(2)35(26-30(3)41(60)51-33(27-38(59)65-47(7,8)9)42(61)50-24-25-56-36(57)22-23-37(56)58)54(16)44(63)39(46(4,5)6)52-43(62)40(55(17)45(64)66-48(10,11)12)49(13,14)32-28-53(15)34-21-19-18-20-31(32)34/h18-23,26,28-29,33,35,39-40H,24-25,27H2,1-17H3,(H,50,61)(H,51,60)(H,52,62)/b30-26+/t33-,35-,39?,40-/m1/s1. The fourth-order valence-electron chi connectivity index (χ4n) is 7.83. The van der Waals surface area contributed by atoms with Crippen LogP contribution in [0.2, 0.25) is 0 Å². The molecule has 1 aromatic heterocycles. The number of hydrogen-bond acceptors (Lipinski definition) is 10. The molecule has 0 aliphatic carbocycles. The first-order chi connectivity index (χ1) is 30.2. The number of aromatic nitrogens is 1. The van der Waals surface area contributed by atoms with E-state index in [0.29, 0.717) is 0 Å². The summed E-state index contributed by atoms with van der Waals surface area (Å²) in [6.45, 7) is 24.4. The van der Waals surface area contributed by atoms with Gasteiger partial charge < -0.3 is 34.9 Å². The minimum atomic E-state index is -1.40. The summed E-state index contributed by atoms with van der Waals surface area (Å²) in [5.41, 5.74) is -1.75. The SMILES string of the molecule is C/C(=C\[C@H](C(C)C)N(C)C(=O)C(NC(=O)[C@@H](N(C)C(=O)OC(C)(C)C)C(C)(C)c1cn(C)c2ccccc12)C(C)(C)C)C(=O)N[C@H](CC(=O)OC(C)(C)C)C(=O)NCCN1C(=O)C=CC1=O. The lowest BCUT2D eigenvalue weighted by Crippen LogP contribution is -2.63. The first-order valence-corrected chi connectivity index (χ1v) is 22.3. The maximum Gasteiger partial charge on any atom is 0.410 e. The van der Waals surface area contributed by atoms with Crippen LogP contribution < -0.4 is 16.0 Å². The molecule has 7 amide bonds. The Morgan fingerprint density at radius 3 is 1.88 bits per heavy atom. The van der Waals surface area contributed by atoms with Crippen LogP contribution in [0, 0.1) is 11.3 Å². The number of nitrogens with zero attached hydrogens (tertiary/aromatic N) is 4. The van der Waals surface area contributed by atoms with Gasteiger partial charge in [-0.3, -0.25) is 43.4 Å². The maximum atomic E-state index is 14.9. The lowest BCUT2D eigenvalue weighted by molar-refractivity contribution is -0.156. The highest BCUT2D eigenvalue weighted by molar-refractivity contribution is 6.13. The van der Waals surface area contributed by atoms with E-state index in [2.05, 4.69) is 16.0 Å². The van der Waals surface area contributed by atoms with Gasteiger partial charge in [0, 0.05) is 74.5 Å². The van der Waals surface area contributed by atoms with Crippen LogP contribution in [0.5, 0.6) is 0 Å². The number of benzene rings is 1. The smallest absolute Gasteiger partial charge is 0.410 e. The number of imide groups is 1. The number of hydrogen-bond donors (Lipinski definition) is 3. The quantitative estimate of drug-likeness (QED) is 0.111. The van der Waals surface area contributed by atoms with Crippen LogP contribution in [0.3, 0.4) is 0 Å². The van der Waals surface area contributed by atoms with E-state index < -0.39 is 100 Å². The molecule has 3 N–H and O–H groups in total.